The molecule has 1 heterocycles. The van der Waals surface area contributed by atoms with Crippen molar-refractivity contribution in [3.8, 4) is 23.0 Å². The molecule has 6 heteroatoms. The molecule has 1 aromatic heterocycles. The van der Waals surface area contributed by atoms with E-state index < -0.39 is 4.92 Å². The minimum absolute atomic E-state index is 0.00577. The summed E-state index contributed by atoms with van der Waals surface area (Å²) in [6, 6.07) is 18.0. The van der Waals surface area contributed by atoms with Gasteiger partial charge in [-0.3, -0.25) is 10.1 Å². The van der Waals surface area contributed by atoms with E-state index in [4.69, 9.17) is 5.26 Å². The third-order valence-electron chi connectivity index (χ3n) is 3.80. The maximum atomic E-state index is 11.4. The third kappa shape index (κ3) is 2.63. The highest BCUT2D eigenvalue weighted by molar-refractivity contribution is 5.75. The second kappa shape index (κ2) is 6.34. The average Bonchev–Trinajstić information content (AvgIpc) is 2.92. The van der Waals surface area contributed by atoms with Crippen molar-refractivity contribution in [1.29, 1.82) is 5.26 Å². The summed E-state index contributed by atoms with van der Waals surface area (Å²) in [5.41, 5.74) is 3.22. The highest BCUT2D eigenvalue weighted by Crippen LogP contribution is 2.35. The molecule has 0 aliphatic rings. The summed E-state index contributed by atoms with van der Waals surface area (Å²) in [6.07, 6.45) is 0.139. The van der Waals surface area contributed by atoms with E-state index in [-0.39, 0.29) is 12.1 Å². The second-order valence-electron chi connectivity index (χ2n) is 5.27. The molecule has 0 fully saturated rings. The molecule has 0 radical (unpaired) electrons. The SMILES string of the molecule is Cc1nn(-c2ccccc2)c(-c2ccccc2[N+](=O)[O-])c1CC#N. The standard InChI is InChI=1S/C18H14N4O2/c1-13-15(11-12-19)18(16-9-5-6-10-17(16)22(23)24)21(20-13)14-7-3-2-4-8-14/h2-10H,11H2,1H3. The van der Waals surface area contributed by atoms with E-state index in [1.807, 2.05) is 37.3 Å². The Labute approximate surface area is 138 Å². The second-order valence-corrected chi connectivity index (χ2v) is 5.27. The third-order valence-corrected chi connectivity index (χ3v) is 3.80. The largest absolute Gasteiger partial charge is 0.278 e. The van der Waals surface area contributed by atoms with E-state index in [2.05, 4.69) is 11.2 Å². The molecule has 0 amide bonds. The molecule has 0 saturated heterocycles. The van der Waals surface area contributed by atoms with E-state index in [0.717, 1.165) is 5.69 Å². The normalized spacial score (nSPS) is 10.3. The van der Waals surface area contributed by atoms with Gasteiger partial charge in [0, 0.05) is 11.6 Å². The van der Waals surface area contributed by atoms with Gasteiger partial charge in [0.25, 0.3) is 5.69 Å². The summed E-state index contributed by atoms with van der Waals surface area (Å²) in [4.78, 5) is 11.0. The lowest BCUT2D eigenvalue weighted by molar-refractivity contribution is -0.384. The number of rotatable bonds is 4. The van der Waals surface area contributed by atoms with Gasteiger partial charge in [-0.05, 0) is 25.1 Å². The molecule has 0 bridgehead atoms. The summed E-state index contributed by atoms with van der Waals surface area (Å²) < 4.78 is 1.67. The predicted octanol–water partition coefficient (Wildman–Crippen LogP) is 3.82. The number of aromatic nitrogens is 2. The van der Waals surface area contributed by atoms with Gasteiger partial charge in [-0.2, -0.15) is 10.4 Å². The lowest BCUT2D eigenvalue weighted by atomic mass is 10.0. The molecule has 2 aromatic carbocycles. The maximum absolute atomic E-state index is 11.4. The van der Waals surface area contributed by atoms with Gasteiger partial charge in [-0.15, -0.1) is 0 Å². The van der Waals surface area contributed by atoms with Crippen LogP contribution in [0.5, 0.6) is 0 Å². The van der Waals surface area contributed by atoms with Crippen LogP contribution in [0.25, 0.3) is 16.9 Å². The van der Waals surface area contributed by atoms with Crippen molar-refractivity contribution in [2.24, 2.45) is 0 Å². The van der Waals surface area contributed by atoms with Crippen LogP contribution < -0.4 is 0 Å². The van der Waals surface area contributed by atoms with Crippen LogP contribution in [0, 0.1) is 28.4 Å². The quantitative estimate of drug-likeness (QED) is 0.540. The first-order chi connectivity index (χ1) is 11.6. The molecule has 0 unspecified atom stereocenters. The molecule has 0 spiro atoms. The number of benzene rings is 2. The Kier molecular flexibility index (Phi) is 4.08. The summed E-state index contributed by atoms with van der Waals surface area (Å²) >= 11 is 0. The van der Waals surface area contributed by atoms with E-state index >= 15 is 0 Å². The first kappa shape index (κ1) is 15.4. The van der Waals surface area contributed by atoms with Gasteiger partial charge in [0.15, 0.2) is 0 Å². The van der Waals surface area contributed by atoms with Crippen LogP contribution >= 0.6 is 0 Å². The van der Waals surface area contributed by atoms with Gasteiger partial charge in [0.2, 0.25) is 0 Å². The number of nitro groups is 1. The van der Waals surface area contributed by atoms with Crippen molar-refractivity contribution < 1.29 is 4.92 Å². The average molecular weight is 318 g/mol. The van der Waals surface area contributed by atoms with Crippen LogP contribution in [0.3, 0.4) is 0 Å². The molecule has 6 nitrogen and oxygen atoms in total. The fourth-order valence-corrected chi connectivity index (χ4v) is 2.72. The van der Waals surface area contributed by atoms with Crippen molar-refractivity contribution >= 4 is 5.69 Å². The van der Waals surface area contributed by atoms with Gasteiger partial charge in [-0.25, -0.2) is 4.68 Å². The highest BCUT2D eigenvalue weighted by atomic mass is 16.6. The smallest absolute Gasteiger partial charge is 0.258 e. The summed E-state index contributed by atoms with van der Waals surface area (Å²) in [6.45, 7) is 1.81. The zero-order chi connectivity index (χ0) is 17.1. The van der Waals surface area contributed by atoms with Crippen LogP contribution in [-0.2, 0) is 6.42 Å². The van der Waals surface area contributed by atoms with Gasteiger partial charge in [0.1, 0.15) is 0 Å². The molecular formula is C18H14N4O2. The number of nitrogens with zero attached hydrogens (tertiary/aromatic N) is 4. The number of para-hydroxylation sites is 2. The maximum Gasteiger partial charge on any atom is 0.278 e. The van der Waals surface area contributed by atoms with Crippen molar-refractivity contribution in [3.63, 3.8) is 0 Å². The zero-order valence-electron chi connectivity index (χ0n) is 13.0. The first-order valence-electron chi connectivity index (χ1n) is 7.38. The van der Waals surface area contributed by atoms with E-state index in [1.54, 1.807) is 22.9 Å². The predicted molar refractivity (Wildman–Crippen MR) is 89.7 cm³/mol. The van der Waals surface area contributed by atoms with Crippen molar-refractivity contribution in [2.45, 2.75) is 13.3 Å². The van der Waals surface area contributed by atoms with Crippen LogP contribution in [0.2, 0.25) is 0 Å². The molecule has 0 saturated carbocycles. The Morgan fingerprint density at radius 1 is 1.17 bits per heavy atom. The summed E-state index contributed by atoms with van der Waals surface area (Å²) in [5.74, 6) is 0. The molecule has 24 heavy (non-hydrogen) atoms. The van der Waals surface area contributed by atoms with Crippen LogP contribution in [0.4, 0.5) is 5.69 Å². The number of nitriles is 1. The van der Waals surface area contributed by atoms with Gasteiger partial charge < -0.3 is 0 Å². The molecule has 0 N–H and O–H groups in total. The molecule has 3 aromatic rings. The van der Waals surface area contributed by atoms with Gasteiger partial charge >= 0.3 is 0 Å². The van der Waals surface area contributed by atoms with E-state index in [1.165, 1.54) is 6.07 Å². The molecule has 0 atom stereocenters. The number of hydrogen-bond donors (Lipinski definition) is 0. The molecular weight excluding hydrogens is 304 g/mol. The minimum atomic E-state index is -0.414. The lowest BCUT2D eigenvalue weighted by Gasteiger charge is -2.09. The van der Waals surface area contributed by atoms with E-state index in [0.29, 0.717) is 22.5 Å². The summed E-state index contributed by atoms with van der Waals surface area (Å²) in [7, 11) is 0. The monoisotopic (exact) mass is 318 g/mol. The van der Waals surface area contributed by atoms with Crippen molar-refractivity contribution in [2.75, 3.05) is 0 Å². The lowest BCUT2D eigenvalue weighted by Crippen LogP contribution is -2.02. The van der Waals surface area contributed by atoms with Crippen LogP contribution in [0.15, 0.2) is 54.6 Å². The Hall–Kier alpha value is -3.46. The minimum Gasteiger partial charge on any atom is -0.258 e. The number of nitro benzene ring substituents is 1. The molecule has 0 aliphatic carbocycles. The Morgan fingerprint density at radius 3 is 2.50 bits per heavy atom. The summed E-state index contributed by atoms with van der Waals surface area (Å²) in [5, 5.41) is 25.1. The topological polar surface area (TPSA) is 84.8 Å². The van der Waals surface area contributed by atoms with Gasteiger partial charge in [0.05, 0.1) is 40.1 Å². The first-order valence-corrected chi connectivity index (χ1v) is 7.38. The Morgan fingerprint density at radius 2 is 1.83 bits per heavy atom. The zero-order valence-corrected chi connectivity index (χ0v) is 13.0. The Balaban J connectivity index is 2.34. The molecule has 0 aliphatic heterocycles. The van der Waals surface area contributed by atoms with E-state index in [9.17, 15) is 10.1 Å². The fourth-order valence-electron chi connectivity index (χ4n) is 2.72. The van der Waals surface area contributed by atoms with Gasteiger partial charge in [-0.1, -0.05) is 30.3 Å². The molecule has 118 valence electrons. The van der Waals surface area contributed by atoms with Crippen molar-refractivity contribution in [1.82, 2.24) is 9.78 Å². The van der Waals surface area contributed by atoms with Crippen molar-refractivity contribution in [3.05, 3.63) is 76.0 Å². The van der Waals surface area contributed by atoms with Crippen LogP contribution in [0.1, 0.15) is 11.3 Å². The van der Waals surface area contributed by atoms with Crippen LogP contribution in [-0.4, -0.2) is 14.7 Å². The molecule has 3 rings (SSSR count). The number of aryl methyl sites for hydroxylation is 1. The Bertz CT molecular complexity index is 939. The number of hydrogen-bond acceptors (Lipinski definition) is 4. The highest BCUT2D eigenvalue weighted by Gasteiger charge is 2.24. The fraction of sp³-hybridized carbons (Fsp3) is 0.111.